The number of aryl methyl sites for hydroxylation is 2. The van der Waals surface area contributed by atoms with Crippen molar-refractivity contribution in [3.63, 3.8) is 0 Å². The average Bonchev–Trinajstić information content (AvgIpc) is 2.43. The Morgan fingerprint density at radius 3 is 2.43 bits per heavy atom. The fourth-order valence-corrected chi connectivity index (χ4v) is 2.06. The summed E-state index contributed by atoms with van der Waals surface area (Å²) in [5.74, 6) is 0.364. The number of carboxylic acids is 1. The molecule has 0 saturated carbocycles. The first kappa shape index (κ1) is 15.1. The molecule has 2 aromatic carbocycles. The molecule has 0 amide bonds. The van der Waals surface area contributed by atoms with Crippen LogP contribution in [0.1, 0.15) is 16.7 Å². The molecule has 0 aliphatic heterocycles. The molecule has 2 aromatic rings. The van der Waals surface area contributed by atoms with E-state index in [0.717, 1.165) is 27.8 Å². The normalized spacial score (nSPS) is 10.8. The van der Waals surface area contributed by atoms with Gasteiger partial charge in [-0.2, -0.15) is 0 Å². The van der Waals surface area contributed by atoms with Crippen LogP contribution in [0.2, 0.25) is 5.02 Å². The molecule has 0 spiro atoms. The summed E-state index contributed by atoms with van der Waals surface area (Å²) in [6.07, 6.45) is 2.61. The average molecular weight is 303 g/mol. The van der Waals surface area contributed by atoms with Gasteiger partial charge in [0, 0.05) is 11.1 Å². The van der Waals surface area contributed by atoms with Gasteiger partial charge in [0.2, 0.25) is 0 Å². The maximum atomic E-state index is 10.5. The van der Waals surface area contributed by atoms with Gasteiger partial charge in [0.05, 0.1) is 0 Å². The molecule has 108 valence electrons. The minimum absolute atomic E-state index is 0.642. The molecule has 0 unspecified atom stereocenters. The van der Waals surface area contributed by atoms with Crippen molar-refractivity contribution in [1.29, 1.82) is 0 Å². The van der Waals surface area contributed by atoms with Gasteiger partial charge in [0.1, 0.15) is 11.5 Å². The molecule has 0 radical (unpaired) electrons. The van der Waals surface area contributed by atoms with Gasteiger partial charge in [-0.05, 0) is 60.9 Å². The lowest BCUT2D eigenvalue weighted by molar-refractivity contribution is -0.131. The van der Waals surface area contributed by atoms with E-state index in [1.807, 2.05) is 44.2 Å². The number of hydrogen-bond acceptors (Lipinski definition) is 2. The second-order valence-electron chi connectivity index (χ2n) is 4.72. The Balaban J connectivity index is 2.24. The van der Waals surface area contributed by atoms with Crippen molar-refractivity contribution in [3.05, 3.63) is 64.2 Å². The maximum Gasteiger partial charge on any atom is 0.328 e. The zero-order valence-electron chi connectivity index (χ0n) is 11.8. The topological polar surface area (TPSA) is 46.5 Å². The van der Waals surface area contributed by atoms with Gasteiger partial charge < -0.3 is 9.84 Å². The SMILES string of the molecule is Cc1cc(Oc2cccc(C=CC(=O)O)c2)cc(C)c1Cl. The van der Waals surface area contributed by atoms with Crippen molar-refractivity contribution in [2.75, 3.05) is 0 Å². The van der Waals surface area contributed by atoms with E-state index in [1.165, 1.54) is 6.08 Å². The van der Waals surface area contributed by atoms with E-state index in [1.54, 1.807) is 6.07 Å². The lowest BCUT2D eigenvalue weighted by Gasteiger charge is -2.10. The van der Waals surface area contributed by atoms with Crippen LogP contribution in [0.5, 0.6) is 11.5 Å². The van der Waals surface area contributed by atoms with E-state index in [-0.39, 0.29) is 0 Å². The Bertz CT molecular complexity index is 682. The predicted octanol–water partition coefficient (Wildman–Crippen LogP) is 4.85. The third-order valence-electron chi connectivity index (χ3n) is 2.92. The maximum absolute atomic E-state index is 10.5. The molecule has 0 bridgehead atoms. The van der Waals surface area contributed by atoms with Gasteiger partial charge in [-0.15, -0.1) is 0 Å². The van der Waals surface area contributed by atoms with Crippen molar-refractivity contribution >= 4 is 23.6 Å². The predicted molar refractivity (Wildman–Crippen MR) is 84.1 cm³/mol. The standard InChI is InChI=1S/C17H15ClO3/c1-11-8-15(9-12(2)17(11)18)21-14-5-3-4-13(10-14)6-7-16(19)20/h3-10H,1-2H3,(H,19,20). The Morgan fingerprint density at radius 1 is 1.14 bits per heavy atom. The van der Waals surface area contributed by atoms with Crippen molar-refractivity contribution in [1.82, 2.24) is 0 Å². The van der Waals surface area contributed by atoms with Gasteiger partial charge >= 0.3 is 5.97 Å². The van der Waals surface area contributed by atoms with Crippen LogP contribution in [0.4, 0.5) is 0 Å². The molecular formula is C17H15ClO3. The van der Waals surface area contributed by atoms with Crippen LogP contribution in [0.15, 0.2) is 42.5 Å². The van der Waals surface area contributed by atoms with E-state index >= 15 is 0 Å². The molecule has 4 heteroatoms. The third-order valence-corrected chi connectivity index (χ3v) is 3.52. The lowest BCUT2D eigenvalue weighted by Crippen LogP contribution is -1.89. The molecule has 21 heavy (non-hydrogen) atoms. The van der Waals surface area contributed by atoms with Crippen LogP contribution >= 0.6 is 11.6 Å². The number of carbonyl (C=O) groups is 1. The van der Waals surface area contributed by atoms with E-state index in [2.05, 4.69) is 0 Å². The molecule has 3 nitrogen and oxygen atoms in total. The van der Waals surface area contributed by atoms with Gasteiger partial charge in [-0.3, -0.25) is 0 Å². The molecule has 0 aromatic heterocycles. The molecule has 0 fully saturated rings. The summed E-state index contributed by atoms with van der Waals surface area (Å²) in [5, 5.41) is 9.37. The van der Waals surface area contributed by atoms with E-state index in [4.69, 9.17) is 21.4 Å². The van der Waals surface area contributed by atoms with Crippen molar-refractivity contribution in [3.8, 4) is 11.5 Å². The number of ether oxygens (including phenoxy) is 1. The smallest absolute Gasteiger partial charge is 0.328 e. The van der Waals surface area contributed by atoms with E-state index in [0.29, 0.717) is 11.5 Å². The number of aliphatic carboxylic acids is 1. The Hall–Kier alpha value is -2.26. The van der Waals surface area contributed by atoms with Crippen molar-refractivity contribution in [2.24, 2.45) is 0 Å². The Kier molecular flexibility index (Phi) is 4.66. The fraction of sp³-hybridized carbons (Fsp3) is 0.118. The number of rotatable bonds is 4. The van der Waals surface area contributed by atoms with Gasteiger partial charge in [0.25, 0.3) is 0 Å². The molecule has 0 aliphatic rings. The first-order valence-electron chi connectivity index (χ1n) is 6.41. The quantitative estimate of drug-likeness (QED) is 0.821. The van der Waals surface area contributed by atoms with Gasteiger partial charge in [0.15, 0.2) is 0 Å². The molecule has 0 saturated heterocycles. The summed E-state index contributed by atoms with van der Waals surface area (Å²) in [6, 6.07) is 11.0. The molecular weight excluding hydrogens is 288 g/mol. The molecule has 0 aliphatic carbocycles. The first-order chi connectivity index (χ1) is 9.95. The largest absolute Gasteiger partial charge is 0.478 e. The van der Waals surface area contributed by atoms with E-state index < -0.39 is 5.97 Å². The van der Waals surface area contributed by atoms with Crippen LogP contribution in [-0.4, -0.2) is 11.1 Å². The fourth-order valence-electron chi connectivity index (χ4n) is 1.95. The molecule has 2 rings (SSSR count). The van der Waals surface area contributed by atoms with Gasteiger partial charge in [-0.1, -0.05) is 23.7 Å². The minimum Gasteiger partial charge on any atom is -0.478 e. The summed E-state index contributed by atoms with van der Waals surface area (Å²) >= 11 is 6.13. The highest BCUT2D eigenvalue weighted by atomic mass is 35.5. The van der Waals surface area contributed by atoms with Crippen molar-refractivity contribution < 1.29 is 14.6 Å². The summed E-state index contributed by atoms with van der Waals surface area (Å²) in [4.78, 5) is 10.5. The minimum atomic E-state index is -0.981. The monoisotopic (exact) mass is 302 g/mol. The highest BCUT2D eigenvalue weighted by Gasteiger charge is 2.05. The number of halogens is 1. The zero-order valence-corrected chi connectivity index (χ0v) is 12.5. The number of carboxylic acid groups (broad SMARTS) is 1. The number of hydrogen-bond donors (Lipinski definition) is 1. The molecule has 0 heterocycles. The molecule has 0 atom stereocenters. The Morgan fingerprint density at radius 2 is 1.81 bits per heavy atom. The highest BCUT2D eigenvalue weighted by molar-refractivity contribution is 6.32. The van der Waals surface area contributed by atoms with Gasteiger partial charge in [-0.25, -0.2) is 4.79 Å². The van der Waals surface area contributed by atoms with Crippen molar-refractivity contribution in [2.45, 2.75) is 13.8 Å². The van der Waals surface area contributed by atoms with Crippen LogP contribution in [0.3, 0.4) is 0 Å². The molecule has 1 N–H and O–H groups in total. The zero-order chi connectivity index (χ0) is 15.4. The highest BCUT2D eigenvalue weighted by Crippen LogP contribution is 2.29. The summed E-state index contributed by atoms with van der Waals surface area (Å²) in [5.41, 5.74) is 2.67. The van der Waals surface area contributed by atoms with Crippen LogP contribution in [0.25, 0.3) is 6.08 Å². The number of benzene rings is 2. The van der Waals surface area contributed by atoms with E-state index in [9.17, 15) is 4.79 Å². The Labute approximate surface area is 128 Å². The van der Waals surface area contributed by atoms with Crippen LogP contribution in [0, 0.1) is 13.8 Å². The second kappa shape index (κ2) is 6.46. The summed E-state index contributed by atoms with van der Waals surface area (Å²) < 4.78 is 5.80. The van der Waals surface area contributed by atoms with Crippen LogP contribution in [-0.2, 0) is 4.79 Å². The summed E-state index contributed by atoms with van der Waals surface area (Å²) in [7, 11) is 0. The first-order valence-corrected chi connectivity index (χ1v) is 6.79. The summed E-state index contributed by atoms with van der Waals surface area (Å²) in [6.45, 7) is 3.85. The third kappa shape index (κ3) is 4.10. The van der Waals surface area contributed by atoms with Crippen LogP contribution < -0.4 is 4.74 Å². The lowest BCUT2D eigenvalue weighted by atomic mass is 10.1. The second-order valence-corrected chi connectivity index (χ2v) is 5.10.